The van der Waals surface area contributed by atoms with Crippen molar-refractivity contribution >= 4 is 46.9 Å². The summed E-state index contributed by atoms with van der Waals surface area (Å²) in [5.74, 6) is -2.18. The number of rotatable bonds is 15. The Hall–Kier alpha value is -2.20. The third kappa shape index (κ3) is 9.21. The van der Waals surface area contributed by atoms with Gasteiger partial charge in [0.2, 0.25) is 0 Å². The van der Waals surface area contributed by atoms with Crippen molar-refractivity contribution in [3.05, 3.63) is 28.2 Å². The molecule has 11 heteroatoms. The number of quaternary nitrogens is 1. The van der Waals surface area contributed by atoms with E-state index in [0.29, 0.717) is 28.8 Å². The molecule has 34 heavy (non-hydrogen) atoms. The van der Waals surface area contributed by atoms with Gasteiger partial charge >= 0.3 is 17.8 Å². The highest BCUT2D eigenvalue weighted by atomic mass is 35.5. The summed E-state index contributed by atoms with van der Waals surface area (Å²) in [7, 11) is 0. The number of unbranched alkanes of at least 4 members (excludes halogenated alkanes) is 7. The van der Waals surface area contributed by atoms with Crippen LogP contribution in [-0.4, -0.2) is 46.9 Å². The van der Waals surface area contributed by atoms with Crippen molar-refractivity contribution in [1.82, 2.24) is 5.32 Å². The number of imide groups is 1. The molecule has 1 aliphatic heterocycles. The van der Waals surface area contributed by atoms with E-state index in [1.165, 1.54) is 0 Å². The molecule has 1 heterocycles. The number of benzene rings is 1. The van der Waals surface area contributed by atoms with Crippen LogP contribution in [0.1, 0.15) is 70.6 Å². The second kappa shape index (κ2) is 14.3. The minimum Gasteiger partial charge on any atom is -0.482 e. The summed E-state index contributed by atoms with van der Waals surface area (Å²) in [5.41, 5.74) is 0. The van der Waals surface area contributed by atoms with Crippen molar-refractivity contribution in [3.8, 4) is 5.75 Å². The summed E-state index contributed by atoms with van der Waals surface area (Å²) >= 11 is 11.8. The molecule has 0 bridgehead atoms. The highest BCUT2D eigenvalue weighted by Gasteiger charge is 2.55. The van der Waals surface area contributed by atoms with Crippen LogP contribution in [0.15, 0.2) is 18.2 Å². The van der Waals surface area contributed by atoms with E-state index in [0.717, 1.165) is 44.9 Å². The second-order valence-electron chi connectivity index (χ2n) is 8.12. The Kier molecular flexibility index (Phi) is 11.8. The number of halogens is 2. The zero-order valence-electron chi connectivity index (χ0n) is 19.0. The van der Waals surface area contributed by atoms with Crippen LogP contribution >= 0.6 is 23.2 Å². The number of ether oxygens (including phenoxy) is 1. The van der Waals surface area contributed by atoms with E-state index in [2.05, 4.69) is 10.2 Å². The summed E-state index contributed by atoms with van der Waals surface area (Å²) in [6.45, 7) is 0.467. The Morgan fingerprint density at radius 2 is 1.53 bits per heavy atom. The normalized spacial score (nSPS) is 14.8. The molecular weight excluding hydrogens is 487 g/mol. The molecule has 2 N–H and O–H groups in total. The number of hydrogen-bond acceptors (Lipinski definition) is 7. The Bertz CT molecular complexity index is 863. The first-order valence-corrected chi connectivity index (χ1v) is 12.2. The molecule has 0 atom stereocenters. The fourth-order valence-electron chi connectivity index (χ4n) is 3.42. The van der Waals surface area contributed by atoms with E-state index in [-0.39, 0.29) is 31.8 Å². The van der Waals surface area contributed by atoms with Gasteiger partial charge in [-0.05, 0) is 31.0 Å². The molecular formula is C23H31Cl2N2O7+. The van der Waals surface area contributed by atoms with Gasteiger partial charge in [0, 0.05) is 11.6 Å². The lowest BCUT2D eigenvalue weighted by molar-refractivity contribution is -1.12. The minimum atomic E-state index is -1.84. The summed E-state index contributed by atoms with van der Waals surface area (Å²) < 4.78 is 5.38. The van der Waals surface area contributed by atoms with Gasteiger partial charge in [-0.2, -0.15) is 5.21 Å². The average molecular weight is 518 g/mol. The lowest BCUT2D eigenvalue weighted by Gasteiger charge is -2.15. The van der Waals surface area contributed by atoms with Crippen LogP contribution in [0.2, 0.25) is 10.0 Å². The first kappa shape index (κ1) is 28.0. The van der Waals surface area contributed by atoms with Crippen molar-refractivity contribution in [3.63, 3.8) is 0 Å². The van der Waals surface area contributed by atoms with Gasteiger partial charge in [0.05, 0.1) is 24.3 Å². The van der Waals surface area contributed by atoms with Crippen molar-refractivity contribution < 1.29 is 38.8 Å². The lowest BCUT2D eigenvalue weighted by atomic mass is 10.1. The fraction of sp³-hybridized carbons (Fsp3) is 0.565. The topological polar surface area (TPSA) is 119 Å². The molecule has 0 radical (unpaired) electrons. The summed E-state index contributed by atoms with van der Waals surface area (Å²) in [6.07, 6.45) is 7.12. The molecule has 2 rings (SSSR count). The molecule has 1 aromatic rings. The summed E-state index contributed by atoms with van der Waals surface area (Å²) in [6, 6.07) is 4.81. The lowest BCUT2D eigenvalue weighted by Crippen LogP contribution is -2.50. The van der Waals surface area contributed by atoms with Crippen molar-refractivity contribution in [2.24, 2.45) is 0 Å². The first-order chi connectivity index (χ1) is 16.2. The Labute approximate surface area is 208 Å². The Balaban J connectivity index is 1.40. The van der Waals surface area contributed by atoms with Crippen LogP contribution < -0.4 is 10.1 Å². The maximum Gasteiger partial charge on any atom is 0.397 e. The number of carbonyl (C=O) groups is 4. The molecule has 0 aromatic heterocycles. The molecule has 0 unspecified atom stereocenters. The van der Waals surface area contributed by atoms with Crippen LogP contribution in [0.5, 0.6) is 5.75 Å². The second-order valence-corrected chi connectivity index (χ2v) is 8.96. The number of carbonyl (C=O) groups excluding carboxylic acids is 4. The van der Waals surface area contributed by atoms with E-state index in [1.807, 2.05) is 0 Å². The predicted octanol–water partition coefficient (Wildman–Crippen LogP) is 4.51. The van der Waals surface area contributed by atoms with Crippen molar-refractivity contribution in [2.45, 2.75) is 70.6 Å². The van der Waals surface area contributed by atoms with Crippen LogP contribution in [-0.2, 0) is 24.0 Å². The van der Waals surface area contributed by atoms with Crippen LogP contribution in [0.4, 0.5) is 0 Å². The molecule has 1 aromatic carbocycles. The van der Waals surface area contributed by atoms with Crippen molar-refractivity contribution in [1.29, 1.82) is 0 Å². The minimum absolute atomic E-state index is 0.0504. The van der Waals surface area contributed by atoms with Gasteiger partial charge in [0.15, 0.2) is 6.61 Å². The maximum absolute atomic E-state index is 11.8. The van der Waals surface area contributed by atoms with Crippen LogP contribution in [0, 0.1) is 0 Å². The third-order valence-electron chi connectivity index (χ3n) is 5.35. The average Bonchev–Trinajstić information content (AvgIpc) is 3.03. The SMILES string of the molecule is O=C(COc1ccc(Cl)cc1Cl)NCCCCCCCCCCC(=O)O[N+]1(O)C(=O)CCC1=O. The fourth-order valence-corrected chi connectivity index (χ4v) is 3.88. The Morgan fingerprint density at radius 1 is 0.941 bits per heavy atom. The van der Waals surface area contributed by atoms with Gasteiger partial charge < -0.3 is 10.1 Å². The molecule has 0 saturated carbocycles. The van der Waals surface area contributed by atoms with Gasteiger partial charge in [-0.25, -0.2) is 19.2 Å². The predicted molar refractivity (Wildman–Crippen MR) is 124 cm³/mol. The van der Waals surface area contributed by atoms with Gasteiger partial charge in [0.25, 0.3) is 5.91 Å². The number of nitrogens with one attached hydrogen (secondary N) is 1. The van der Waals surface area contributed by atoms with E-state index in [4.69, 9.17) is 27.9 Å². The van der Waals surface area contributed by atoms with E-state index in [1.54, 1.807) is 18.2 Å². The molecule has 1 fully saturated rings. The van der Waals surface area contributed by atoms with Crippen molar-refractivity contribution in [2.75, 3.05) is 13.2 Å². The highest BCUT2D eigenvalue weighted by molar-refractivity contribution is 6.35. The summed E-state index contributed by atoms with van der Waals surface area (Å²) in [5, 5.41) is 13.5. The number of hydrogen-bond donors (Lipinski definition) is 2. The maximum atomic E-state index is 11.8. The van der Waals surface area contributed by atoms with Gasteiger partial charge in [-0.15, -0.1) is 0 Å². The molecule has 0 spiro atoms. The van der Waals surface area contributed by atoms with Crippen LogP contribution in [0.3, 0.4) is 0 Å². The van der Waals surface area contributed by atoms with Gasteiger partial charge in [-0.3, -0.25) is 4.79 Å². The van der Waals surface area contributed by atoms with E-state index in [9.17, 15) is 24.4 Å². The van der Waals surface area contributed by atoms with E-state index < -0.39 is 22.6 Å². The van der Waals surface area contributed by atoms with Gasteiger partial charge in [0.1, 0.15) is 10.6 Å². The van der Waals surface area contributed by atoms with E-state index >= 15 is 0 Å². The molecule has 0 aliphatic carbocycles. The quantitative estimate of drug-likeness (QED) is 0.152. The highest BCUT2D eigenvalue weighted by Crippen LogP contribution is 2.27. The molecule has 9 nitrogen and oxygen atoms in total. The summed E-state index contributed by atoms with van der Waals surface area (Å²) in [4.78, 5) is 49.5. The van der Waals surface area contributed by atoms with Gasteiger partial charge in [-0.1, -0.05) is 61.7 Å². The molecule has 1 saturated heterocycles. The monoisotopic (exact) mass is 517 g/mol. The zero-order valence-corrected chi connectivity index (χ0v) is 20.5. The number of amides is 3. The Morgan fingerprint density at radius 3 is 2.15 bits per heavy atom. The largest absolute Gasteiger partial charge is 0.482 e. The third-order valence-corrected chi connectivity index (χ3v) is 5.88. The molecule has 1 aliphatic rings. The number of nitrogens with zero attached hydrogens (tertiary/aromatic N) is 1. The standard InChI is InChI=1S/C23H30Cl2N2O7/c24-17-10-11-19(18(25)15-17)33-16-20(28)26-14-8-6-4-2-1-3-5-7-9-23(31)34-27(32)21(29)12-13-22(27)30/h10-11,15,32H,1-9,12-14,16H2/p+1. The molecule has 188 valence electrons. The zero-order chi connectivity index (χ0) is 25.0. The molecule has 3 amide bonds. The first-order valence-electron chi connectivity index (χ1n) is 11.5. The smallest absolute Gasteiger partial charge is 0.397 e. The van der Waals surface area contributed by atoms with Crippen LogP contribution in [0.25, 0.3) is 0 Å². The number of hydroxylamine groups is 4.